The highest BCUT2D eigenvalue weighted by molar-refractivity contribution is 7.78. The van der Waals surface area contributed by atoms with Gasteiger partial charge in [0.15, 0.2) is 0 Å². The molecule has 120 valence electrons. The second kappa shape index (κ2) is 19.1. The third-order valence-corrected chi connectivity index (χ3v) is 4.02. The van der Waals surface area contributed by atoms with E-state index in [9.17, 15) is 0 Å². The Balaban J connectivity index is 3.01. The van der Waals surface area contributed by atoms with Gasteiger partial charge in [0.05, 0.1) is 0 Å². The minimum absolute atomic E-state index is 1.05. The quantitative estimate of drug-likeness (QED) is 0.189. The summed E-state index contributed by atoms with van der Waals surface area (Å²) in [6, 6.07) is 0. The molecule has 0 aromatic rings. The zero-order chi connectivity index (χ0) is 14.7. The van der Waals surface area contributed by atoms with E-state index in [1.807, 2.05) is 0 Å². The first-order chi connectivity index (χ1) is 9.91. The van der Waals surface area contributed by atoms with Crippen molar-refractivity contribution >= 4 is 12.8 Å². The molecule has 0 rings (SSSR count). The monoisotopic (exact) mass is 299 g/mol. The van der Waals surface area contributed by atoms with E-state index in [-0.39, 0.29) is 0 Å². The highest BCUT2D eigenvalue weighted by Crippen LogP contribution is 2.09. The SMILES string of the molecule is CCCCCCCC/C=C\CCCCCCCCNS. The van der Waals surface area contributed by atoms with E-state index in [1.54, 1.807) is 0 Å². The molecule has 0 heterocycles. The van der Waals surface area contributed by atoms with Crippen LogP contribution in [-0.4, -0.2) is 6.54 Å². The van der Waals surface area contributed by atoms with Crippen LogP contribution < -0.4 is 4.72 Å². The molecule has 0 aliphatic heterocycles. The Labute approximate surface area is 133 Å². The second-order valence-electron chi connectivity index (χ2n) is 5.85. The molecule has 20 heavy (non-hydrogen) atoms. The number of allylic oxidation sites excluding steroid dienone is 2. The summed E-state index contributed by atoms with van der Waals surface area (Å²) in [6.07, 6.45) is 24.0. The molecule has 0 aliphatic rings. The Bertz CT molecular complexity index is 192. The number of rotatable bonds is 16. The van der Waals surface area contributed by atoms with Crippen molar-refractivity contribution in [2.24, 2.45) is 0 Å². The minimum atomic E-state index is 1.05. The van der Waals surface area contributed by atoms with Gasteiger partial charge in [0, 0.05) is 6.54 Å². The summed E-state index contributed by atoms with van der Waals surface area (Å²) in [4.78, 5) is 0. The maximum atomic E-state index is 3.99. The third-order valence-electron chi connectivity index (χ3n) is 3.80. The van der Waals surface area contributed by atoms with Crippen molar-refractivity contribution in [2.45, 2.75) is 96.8 Å². The molecule has 2 heteroatoms. The van der Waals surface area contributed by atoms with E-state index in [0.29, 0.717) is 0 Å². The smallest absolute Gasteiger partial charge is 0.00561 e. The van der Waals surface area contributed by atoms with Gasteiger partial charge in [-0.2, -0.15) is 0 Å². The molecule has 0 saturated heterocycles. The second-order valence-corrected chi connectivity index (χ2v) is 6.16. The highest BCUT2D eigenvalue weighted by Gasteiger charge is 1.91. The summed E-state index contributed by atoms with van der Waals surface area (Å²) in [5.41, 5.74) is 0. The average Bonchev–Trinajstić information content (AvgIpc) is 2.47. The first-order valence-electron chi connectivity index (χ1n) is 8.93. The van der Waals surface area contributed by atoms with Crippen molar-refractivity contribution < 1.29 is 0 Å². The Morgan fingerprint density at radius 2 is 1.10 bits per heavy atom. The highest BCUT2D eigenvalue weighted by atomic mass is 32.1. The fraction of sp³-hybridized carbons (Fsp3) is 0.889. The van der Waals surface area contributed by atoms with Crippen molar-refractivity contribution in [1.29, 1.82) is 0 Å². The van der Waals surface area contributed by atoms with Gasteiger partial charge in [-0.05, 0) is 32.1 Å². The Morgan fingerprint density at radius 1 is 0.650 bits per heavy atom. The van der Waals surface area contributed by atoms with Crippen molar-refractivity contribution in [1.82, 2.24) is 4.72 Å². The van der Waals surface area contributed by atoms with Crippen LogP contribution in [0.25, 0.3) is 0 Å². The summed E-state index contributed by atoms with van der Waals surface area (Å²) >= 11 is 3.99. The molecule has 1 nitrogen and oxygen atoms in total. The summed E-state index contributed by atoms with van der Waals surface area (Å²) in [6.45, 7) is 3.33. The van der Waals surface area contributed by atoms with E-state index in [4.69, 9.17) is 0 Å². The normalized spacial score (nSPS) is 11.5. The molecular weight excluding hydrogens is 262 g/mol. The van der Waals surface area contributed by atoms with Crippen LogP contribution in [0.3, 0.4) is 0 Å². The predicted octanol–water partition coefficient (Wildman–Crippen LogP) is 6.46. The van der Waals surface area contributed by atoms with Crippen molar-refractivity contribution in [2.75, 3.05) is 6.54 Å². The van der Waals surface area contributed by atoms with Gasteiger partial charge in [-0.3, -0.25) is 4.72 Å². The molecule has 0 unspecified atom stereocenters. The molecule has 0 aliphatic carbocycles. The number of hydrogen-bond donors (Lipinski definition) is 2. The molecule has 0 amide bonds. The predicted molar refractivity (Wildman–Crippen MR) is 96.4 cm³/mol. The van der Waals surface area contributed by atoms with Crippen LogP contribution >= 0.6 is 12.8 Å². The van der Waals surface area contributed by atoms with Crippen LogP contribution in [0.4, 0.5) is 0 Å². The lowest BCUT2D eigenvalue weighted by Crippen LogP contribution is -1.99. The maximum Gasteiger partial charge on any atom is 0.00561 e. The van der Waals surface area contributed by atoms with Gasteiger partial charge in [-0.1, -0.05) is 89.7 Å². The van der Waals surface area contributed by atoms with E-state index in [2.05, 4.69) is 36.6 Å². The summed E-state index contributed by atoms with van der Waals surface area (Å²) in [7, 11) is 0. The van der Waals surface area contributed by atoms with Crippen molar-refractivity contribution in [3.63, 3.8) is 0 Å². The molecule has 0 aromatic carbocycles. The minimum Gasteiger partial charge on any atom is -0.267 e. The molecule has 0 bridgehead atoms. The molecule has 0 radical (unpaired) electrons. The third kappa shape index (κ3) is 18.0. The van der Waals surface area contributed by atoms with Crippen LogP contribution in [0.15, 0.2) is 12.2 Å². The first-order valence-corrected chi connectivity index (χ1v) is 9.38. The lowest BCUT2D eigenvalue weighted by Gasteiger charge is -2.00. The fourth-order valence-electron chi connectivity index (χ4n) is 2.45. The van der Waals surface area contributed by atoms with Gasteiger partial charge < -0.3 is 0 Å². The number of thiol groups is 1. The Kier molecular flexibility index (Phi) is 19.1. The largest absolute Gasteiger partial charge is 0.267 e. The summed E-state index contributed by atoms with van der Waals surface area (Å²) in [5.74, 6) is 0. The first kappa shape index (κ1) is 20.1. The molecular formula is C18H37NS. The molecule has 0 spiro atoms. The van der Waals surface area contributed by atoms with Crippen LogP contribution in [0, 0.1) is 0 Å². The van der Waals surface area contributed by atoms with Gasteiger partial charge in [-0.25, -0.2) is 0 Å². The number of nitrogens with one attached hydrogen (secondary N) is 1. The van der Waals surface area contributed by atoms with Crippen molar-refractivity contribution in [3.8, 4) is 0 Å². The van der Waals surface area contributed by atoms with Crippen LogP contribution in [0.2, 0.25) is 0 Å². The fourth-order valence-corrected chi connectivity index (χ4v) is 2.61. The maximum absolute atomic E-state index is 3.99. The van der Waals surface area contributed by atoms with Gasteiger partial charge in [0.25, 0.3) is 0 Å². The molecule has 0 aromatic heterocycles. The summed E-state index contributed by atoms with van der Waals surface area (Å²) in [5, 5.41) is 0. The zero-order valence-corrected chi connectivity index (χ0v) is 14.6. The van der Waals surface area contributed by atoms with E-state index < -0.39 is 0 Å². The molecule has 1 N–H and O–H groups in total. The number of unbranched alkanes of at least 4 members (excludes halogenated alkanes) is 12. The standard InChI is InChI=1S/C18H37NS/c1-2-3-4-5-6-7-8-9-10-11-12-13-14-15-16-17-18-19-20/h9-10,19-20H,2-8,11-18H2,1H3/b10-9-. The van der Waals surface area contributed by atoms with E-state index in [0.717, 1.165) is 6.54 Å². The molecule has 0 fully saturated rings. The lowest BCUT2D eigenvalue weighted by atomic mass is 10.1. The lowest BCUT2D eigenvalue weighted by molar-refractivity contribution is 0.595. The topological polar surface area (TPSA) is 12.0 Å². The Morgan fingerprint density at radius 3 is 1.60 bits per heavy atom. The van der Waals surface area contributed by atoms with Crippen LogP contribution in [0.5, 0.6) is 0 Å². The Hall–Kier alpha value is 0.0500. The van der Waals surface area contributed by atoms with Crippen molar-refractivity contribution in [3.05, 3.63) is 12.2 Å². The summed E-state index contributed by atoms with van der Waals surface area (Å²) < 4.78 is 2.90. The van der Waals surface area contributed by atoms with Gasteiger partial charge in [0.2, 0.25) is 0 Å². The van der Waals surface area contributed by atoms with E-state index >= 15 is 0 Å². The molecule has 0 atom stereocenters. The zero-order valence-electron chi connectivity index (χ0n) is 13.7. The molecule has 0 saturated carbocycles. The van der Waals surface area contributed by atoms with Gasteiger partial charge >= 0.3 is 0 Å². The van der Waals surface area contributed by atoms with E-state index in [1.165, 1.54) is 89.9 Å². The van der Waals surface area contributed by atoms with Gasteiger partial charge in [0.1, 0.15) is 0 Å². The van der Waals surface area contributed by atoms with Crippen LogP contribution in [0.1, 0.15) is 96.8 Å². The number of hydrogen-bond acceptors (Lipinski definition) is 2. The van der Waals surface area contributed by atoms with Crippen LogP contribution in [-0.2, 0) is 0 Å². The average molecular weight is 300 g/mol. The van der Waals surface area contributed by atoms with Gasteiger partial charge in [-0.15, -0.1) is 0 Å².